The Morgan fingerprint density at radius 1 is 1.43 bits per heavy atom. The molecule has 7 nitrogen and oxygen atoms in total. The Bertz CT molecular complexity index is 761. The molecule has 9 heteroatoms. The van der Waals surface area contributed by atoms with Crippen LogP contribution >= 0.6 is 23.2 Å². The second-order valence-corrected chi connectivity index (χ2v) is 4.62. The number of hydrogen-bond acceptors (Lipinski definition) is 6. The highest BCUT2D eigenvalue weighted by atomic mass is 35.5. The molecule has 2 rings (SSSR count). The van der Waals surface area contributed by atoms with Crippen LogP contribution in [0.15, 0.2) is 23.0 Å². The largest absolute Gasteiger partial charge is 0.460 e. The third-order valence-electron chi connectivity index (χ3n) is 2.45. The maximum Gasteiger partial charge on any atom is 0.378 e. The lowest BCUT2D eigenvalue weighted by atomic mass is 10.3. The van der Waals surface area contributed by atoms with Gasteiger partial charge in [0.2, 0.25) is 0 Å². The summed E-state index contributed by atoms with van der Waals surface area (Å²) in [6.45, 7) is 1.77. The molecule has 0 spiro atoms. The minimum absolute atomic E-state index is 0.106. The van der Waals surface area contributed by atoms with Crippen LogP contribution in [-0.4, -0.2) is 27.3 Å². The van der Waals surface area contributed by atoms with Crippen LogP contribution in [0.5, 0.6) is 0 Å². The van der Waals surface area contributed by atoms with Crippen LogP contribution in [0.1, 0.15) is 17.5 Å². The number of esters is 1. The molecule has 1 heterocycles. The highest BCUT2D eigenvalue weighted by molar-refractivity contribution is 6.43. The molecule has 0 aliphatic carbocycles. The highest BCUT2D eigenvalue weighted by Crippen LogP contribution is 2.27. The van der Waals surface area contributed by atoms with Gasteiger partial charge in [-0.1, -0.05) is 29.3 Å². The minimum Gasteiger partial charge on any atom is -0.460 e. The molecule has 0 fully saturated rings. The fourth-order valence-corrected chi connectivity index (χ4v) is 1.91. The first kappa shape index (κ1) is 15.3. The summed E-state index contributed by atoms with van der Waals surface area (Å²) in [5, 5.41) is 4.16. The van der Waals surface area contributed by atoms with E-state index in [1.165, 1.54) is 6.07 Å². The number of nitrogen functional groups attached to an aromatic ring is 1. The Balaban J connectivity index is 2.66. The second-order valence-electron chi connectivity index (χ2n) is 3.83. The van der Waals surface area contributed by atoms with Crippen molar-refractivity contribution in [3.05, 3.63) is 44.4 Å². The summed E-state index contributed by atoms with van der Waals surface area (Å²) in [4.78, 5) is 27.3. The zero-order valence-corrected chi connectivity index (χ0v) is 12.4. The number of halogens is 2. The van der Waals surface area contributed by atoms with E-state index in [4.69, 9.17) is 33.7 Å². The van der Waals surface area contributed by atoms with Crippen molar-refractivity contribution in [2.45, 2.75) is 6.92 Å². The van der Waals surface area contributed by atoms with Gasteiger partial charge in [0.25, 0.3) is 5.82 Å². The van der Waals surface area contributed by atoms with Gasteiger partial charge in [-0.3, -0.25) is 4.79 Å². The molecule has 2 N–H and O–H groups in total. The summed E-state index contributed by atoms with van der Waals surface area (Å²) in [5.74, 6) is -1.54. The molecular formula is C12H10Cl2N4O3. The Morgan fingerprint density at radius 2 is 2.14 bits per heavy atom. The average molecular weight is 329 g/mol. The van der Waals surface area contributed by atoms with Crippen molar-refractivity contribution in [2.24, 2.45) is 0 Å². The van der Waals surface area contributed by atoms with E-state index in [0.717, 1.165) is 4.68 Å². The summed E-state index contributed by atoms with van der Waals surface area (Å²) in [7, 11) is 0. The second kappa shape index (κ2) is 6.11. The SMILES string of the molecule is CCOC(=O)c1nc(N)c(=O)n(-c2cccc(Cl)c2Cl)n1. The van der Waals surface area contributed by atoms with Gasteiger partial charge in [0.1, 0.15) is 0 Å². The van der Waals surface area contributed by atoms with Gasteiger partial charge >= 0.3 is 11.5 Å². The molecule has 21 heavy (non-hydrogen) atoms. The zero-order valence-electron chi connectivity index (χ0n) is 10.8. The van der Waals surface area contributed by atoms with E-state index in [9.17, 15) is 9.59 Å². The number of benzene rings is 1. The summed E-state index contributed by atoms with van der Waals surface area (Å²) in [5.41, 5.74) is 4.99. The lowest BCUT2D eigenvalue weighted by molar-refractivity contribution is 0.0509. The lowest BCUT2D eigenvalue weighted by Gasteiger charge is -2.09. The zero-order chi connectivity index (χ0) is 15.6. The number of carbonyl (C=O) groups is 1. The van der Waals surface area contributed by atoms with Crippen molar-refractivity contribution in [1.82, 2.24) is 14.8 Å². The molecule has 0 radical (unpaired) electrons. The molecule has 0 bridgehead atoms. The van der Waals surface area contributed by atoms with Crippen molar-refractivity contribution < 1.29 is 9.53 Å². The van der Waals surface area contributed by atoms with E-state index in [1.54, 1.807) is 19.1 Å². The maximum atomic E-state index is 12.0. The van der Waals surface area contributed by atoms with Crippen LogP contribution < -0.4 is 11.3 Å². The van der Waals surface area contributed by atoms with Gasteiger partial charge in [0.05, 0.1) is 22.3 Å². The Morgan fingerprint density at radius 3 is 2.81 bits per heavy atom. The van der Waals surface area contributed by atoms with Crippen LogP contribution in [0.25, 0.3) is 5.69 Å². The first-order valence-electron chi connectivity index (χ1n) is 5.84. The molecule has 0 saturated carbocycles. The van der Waals surface area contributed by atoms with E-state index in [-0.39, 0.29) is 28.2 Å². The summed E-state index contributed by atoms with van der Waals surface area (Å²) >= 11 is 11.9. The van der Waals surface area contributed by atoms with Crippen molar-refractivity contribution >= 4 is 35.0 Å². The Hall–Kier alpha value is -2.12. The molecule has 0 unspecified atom stereocenters. The monoisotopic (exact) mass is 328 g/mol. The van der Waals surface area contributed by atoms with E-state index in [0.29, 0.717) is 0 Å². The molecule has 0 aliphatic heterocycles. The standard InChI is InChI=1S/C12H10Cl2N4O3/c1-2-21-12(20)10-16-9(15)11(19)18(17-10)7-5-3-4-6(13)8(7)14/h3-5H,2H2,1H3,(H2,15,16,17). The quantitative estimate of drug-likeness (QED) is 0.860. The molecule has 1 aromatic carbocycles. The van der Waals surface area contributed by atoms with Gasteiger partial charge in [-0.15, -0.1) is 5.10 Å². The number of aromatic nitrogens is 3. The predicted octanol–water partition coefficient (Wildman–Crippen LogP) is 1.69. The summed E-state index contributed by atoms with van der Waals surface area (Å²) < 4.78 is 5.64. The Kier molecular flexibility index (Phi) is 4.44. The van der Waals surface area contributed by atoms with Gasteiger partial charge in [0, 0.05) is 0 Å². The Labute approximate surface area is 129 Å². The van der Waals surface area contributed by atoms with Crippen molar-refractivity contribution in [3.63, 3.8) is 0 Å². The third kappa shape index (κ3) is 2.98. The predicted molar refractivity (Wildman–Crippen MR) is 78.0 cm³/mol. The number of hydrogen-bond donors (Lipinski definition) is 1. The number of nitrogens with zero attached hydrogens (tertiary/aromatic N) is 3. The molecule has 0 aliphatic rings. The van der Waals surface area contributed by atoms with E-state index in [1.807, 2.05) is 0 Å². The van der Waals surface area contributed by atoms with Crippen LogP contribution in [0.4, 0.5) is 5.82 Å². The molecule has 1 aromatic heterocycles. The average Bonchev–Trinajstić information content (AvgIpc) is 2.45. The smallest absolute Gasteiger partial charge is 0.378 e. The van der Waals surface area contributed by atoms with E-state index in [2.05, 4.69) is 10.1 Å². The van der Waals surface area contributed by atoms with Crippen molar-refractivity contribution in [3.8, 4) is 5.69 Å². The first-order chi connectivity index (χ1) is 9.95. The minimum atomic E-state index is -0.795. The maximum absolute atomic E-state index is 12.0. The number of nitrogens with two attached hydrogens (primary N) is 1. The van der Waals surface area contributed by atoms with Gasteiger partial charge < -0.3 is 10.5 Å². The van der Waals surface area contributed by atoms with Crippen molar-refractivity contribution in [1.29, 1.82) is 0 Å². The van der Waals surface area contributed by atoms with Crippen molar-refractivity contribution in [2.75, 3.05) is 12.3 Å². The molecule has 110 valence electrons. The molecule has 0 atom stereocenters. The third-order valence-corrected chi connectivity index (χ3v) is 3.26. The molecule has 0 amide bonds. The van der Waals surface area contributed by atoms with Crippen LogP contribution in [0.2, 0.25) is 10.0 Å². The number of carbonyl (C=O) groups excluding carboxylic acids is 1. The number of ether oxygens (including phenoxy) is 1. The van der Waals surface area contributed by atoms with Crippen LogP contribution in [0.3, 0.4) is 0 Å². The first-order valence-corrected chi connectivity index (χ1v) is 6.59. The topological polar surface area (TPSA) is 100 Å². The fraction of sp³-hybridized carbons (Fsp3) is 0.167. The summed E-state index contributed by atoms with van der Waals surface area (Å²) in [6, 6.07) is 4.64. The molecule has 2 aromatic rings. The van der Waals surface area contributed by atoms with Gasteiger partial charge in [-0.05, 0) is 19.1 Å². The van der Waals surface area contributed by atoms with E-state index < -0.39 is 17.3 Å². The fourth-order valence-electron chi connectivity index (χ4n) is 1.53. The van der Waals surface area contributed by atoms with Crippen LogP contribution in [0, 0.1) is 0 Å². The molecule has 0 saturated heterocycles. The summed E-state index contributed by atoms with van der Waals surface area (Å²) in [6.07, 6.45) is 0. The molecular weight excluding hydrogens is 319 g/mol. The number of anilines is 1. The number of rotatable bonds is 3. The van der Waals surface area contributed by atoms with E-state index >= 15 is 0 Å². The van der Waals surface area contributed by atoms with Crippen LogP contribution in [-0.2, 0) is 4.74 Å². The highest BCUT2D eigenvalue weighted by Gasteiger charge is 2.18. The lowest BCUT2D eigenvalue weighted by Crippen LogP contribution is -2.29. The van der Waals surface area contributed by atoms with Gasteiger partial charge in [-0.25, -0.2) is 4.79 Å². The normalized spacial score (nSPS) is 10.4. The van der Waals surface area contributed by atoms with Gasteiger partial charge in [0.15, 0.2) is 5.82 Å². The van der Waals surface area contributed by atoms with Gasteiger partial charge in [-0.2, -0.15) is 9.67 Å².